The molecule has 0 aromatic heterocycles. The third-order valence-electron chi connectivity index (χ3n) is 3.02. The van der Waals surface area contributed by atoms with Crippen molar-refractivity contribution in [3.63, 3.8) is 0 Å². The van der Waals surface area contributed by atoms with E-state index in [0.29, 0.717) is 6.54 Å². The molecule has 0 heterocycles. The van der Waals surface area contributed by atoms with Gasteiger partial charge in [0.25, 0.3) is 0 Å². The molecule has 2 heteroatoms. The Hall–Kier alpha value is -1.15. The molecule has 0 saturated heterocycles. The molecule has 0 aliphatic rings. The first-order valence-electron chi connectivity index (χ1n) is 5.42. The molecule has 1 atom stereocenters. The quantitative estimate of drug-likeness (QED) is 0.767. The van der Waals surface area contributed by atoms with Crippen LogP contribution in [0.2, 0.25) is 0 Å². The maximum Gasteiger partial charge on any atom is 0.167 e. The molecule has 82 valence electrons. The van der Waals surface area contributed by atoms with Crippen LogP contribution < -0.4 is 5.73 Å². The Morgan fingerprint density at radius 3 is 2.60 bits per heavy atom. The van der Waals surface area contributed by atoms with Crippen LogP contribution >= 0.6 is 0 Å². The lowest BCUT2D eigenvalue weighted by Crippen LogP contribution is -2.23. The molecule has 0 bridgehead atoms. The number of hydrogen-bond acceptors (Lipinski definition) is 2. The molecule has 0 saturated carbocycles. The van der Waals surface area contributed by atoms with E-state index in [9.17, 15) is 4.79 Å². The Kier molecular flexibility index (Phi) is 4.04. The van der Waals surface area contributed by atoms with Crippen molar-refractivity contribution in [1.29, 1.82) is 0 Å². The number of rotatable bonds is 4. The van der Waals surface area contributed by atoms with E-state index in [0.717, 1.165) is 23.1 Å². The summed E-state index contributed by atoms with van der Waals surface area (Å²) >= 11 is 0. The van der Waals surface area contributed by atoms with Crippen molar-refractivity contribution in [2.45, 2.75) is 27.2 Å². The van der Waals surface area contributed by atoms with Gasteiger partial charge in [-0.15, -0.1) is 0 Å². The van der Waals surface area contributed by atoms with Gasteiger partial charge in [0.1, 0.15) is 0 Å². The van der Waals surface area contributed by atoms with Crippen molar-refractivity contribution < 1.29 is 4.79 Å². The second-order valence-electron chi connectivity index (χ2n) is 3.95. The summed E-state index contributed by atoms with van der Waals surface area (Å²) in [6.07, 6.45) is 0.808. The van der Waals surface area contributed by atoms with E-state index in [1.54, 1.807) is 0 Å². The van der Waals surface area contributed by atoms with Crippen LogP contribution in [-0.2, 0) is 0 Å². The first-order chi connectivity index (χ1) is 7.11. The molecule has 15 heavy (non-hydrogen) atoms. The van der Waals surface area contributed by atoms with Gasteiger partial charge in [0.15, 0.2) is 5.78 Å². The summed E-state index contributed by atoms with van der Waals surface area (Å²) in [6, 6.07) is 5.84. The average Bonchev–Trinajstić information content (AvgIpc) is 2.23. The highest BCUT2D eigenvalue weighted by Crippen LogP contribution is 2.18. The van der Waals surface area contributed by atoms with Crippen LogP contribution in [0.3, 0.4) is 0 Å². The zero-order valence-electron chi connectivity index (χ0n) is 9.71. The van der Waals surface area contributed by atoms with Gasteiger partial charge in [-0.2, -0.15) is 0 Å². The van der Waals surface area contributed by atoms with Crippen molar-refractivity contribution in [1.82, 2.24) is 0 Å². The fourth-order valence-corrected chi connectivity index (χ4v) is 1.70. The molecule has 2 N–H and O–H groups in total. The van der Waals surface area contributed by atoms with Gasteiger partial charge in [0, 0.05) is 18.0 Å². The number of aryl methyl sites for hydroxylation is 1. The Balaban J connectivity index is 3.05. The topological polar surface area (TPSA) is 43.1 Å². The lowest BCUT2D eigenvalue weighted by molar-refractivity contribution is 0.0920. The smallest absolute Gasteiger partial charge is 0.167 e. The van der Waals surface area contributed by atoms with Gasteiger partial charge in [-0.3, -0.25) is 4.79 Å². The van der Waals surface area contributed by atoms with Crippen molar-refractivity contribution in [3.8, 4) is 0 Å². The Morgan fingerprint density at radius 2 is 2.07 bits per heavy atom. The van der Waals surface area contributed by atoms with Crippen molar-refractivity contribution in [2.24, 2.45) is 11.7 Å². The zero-order chi connectivity index (χ0) is 11.4. The van der Waals surface area contributed by atoms with E-state index >= 15 is 0 Å². The summed E-state index contributed by atoms with van der Waals surface area (Å²) in [5.41, 5.74) is 8.65. The molecular weight excluding hydrogens is 186 g/mol. The van der Waals surface area contributed by atoms with Crippen LogP contribution in [0.1, 0.15) is 34.8 Å². The fourth-order valence-electron chi connectivity index (χ4n) is 1.70. The average molecular weight is 205 g/mol. The molecule has 0 spiro atoms. The van der Waals surface area contributed by atoms with Crippen LogP contribution in [0.5, 0.6) is 0 Å². The number of benzene rings is 1. The van der Waals surface area contributed by atoms with E-state index in [1.165, 1.54) is 0 Å². The predicted octanol–water partition coefficient (Wildman–Crippen LogP) is 2.47. The van der Waals surface area contributed by atoms with Crippen molar-refractivity contribution in [3.05, 3.63) is 34.9 Å². The molecule has 1 aromatic rings. The van der Waals surface area contributed by atoms with Gasteiger partial charge >= 0.3 is 0 Å². The monoisotopic (exact) mass is 205 g/mol. The minimum absolute atomic E-state index is 0.0366. The first kappa shape index (κ1) is 11.9. The normalized spacial score (nSPS) is 12.5. The summed E-state index contributed by atoms with van der Waals surface area (Å²) < 4.78 is 0. The SMILES string of the molecule is CCC(CN)C(=O)c1cccc(C)c1C. The van der Waals surface area contributed by atoms with Crippen LogP contribution in [0, 0.1) is 19.8 Å². The highest BCUT2D eigenvalue weighted by Gasteiger charge is 2.18. The molecule has 1 rings (SSSR count). The molecule has 2 nitrogen and oxygen atoms in total. The zero-order valence-corrected chi connectivity index (χ0v) is 9.71. The maximum atomic E-state index is 12.1. The van der Waals surface area contributed by atoms with Crippen LogP contribution in [0.4, 0.5) is 0 Å². The highest BCUT2D eigenvalue weighted by molar-refractivity contribution is 5.99. The van der Waals surface area contributed by atoms with Gasteiger partial charge in [0.05, 0.1) is 0 Å². The van der Waals surface area contributed by atoms with Gasteiger partial charge in [-0.1, -0.05) is 25.1 Å². The summed E-state index contributed by atoms with van der Waals surface area (Å²) in [5.74, 6) is 0.145. The molecule has 0 fully saturated rings. The van der Waals surface area contributed by atoms with E-state index in [4.69, 9.17) is 5.73 Å². The minimum atomic E-state index is -0.0366. The number of hydrogen-bond donors (Lipinski definition) is 1. The number of carbonyl (C=O) groups is 1. The molecule has 0 aliphatic heterocycles. The van der Waals surface area contributed by atoms with Crippen LogP contribution in [0.15, 0.2) is 18.2 Å². The number of Topliss-reactive ketones (excluding diaryl/α,β-unsaturated/α-hetero) is 1. The number of ketones is 1. The summed E-state index contributed by atoms with van der Waals surface area (Å²) in [4.78, 5) is 12.1. The summed E-state index contributed by atoms with van der Waals surface area (Å²) in [5, 5.41) is 0. The number of carbonyl (C=O) groups excluding carboxylic acids is 1. The standard InChI is InChI=1S/C13H19NO/c1-4-11(8-14)13(15)12-7-5-6-9(2)10(12)3/h5-7,11H,4,8,14H2,1-3H3. The molecule has 1 unspecified atom stereocenters. The lowest BCUT2D eigenvalue weighted by Gasteiger charge is -2.13. The maximum absolute atomic E-state index is 12.1. The van der Waals surface area contributed by atoms with Crippen molar-refractivity contribution in [2.75, 3.05) is 6.54 Å². The second kappa shape index (κ2) is 5.08. The molecule has 0 aliphatic carbocycles. The van der Waals surface area contributed by atoms with Gasteiger partial charge in [-0.05, 0) is 31.4 Å². The third kappa shape index (κ3) is 2.45. The Labute approximate surface area is 91.5 Å². The molecular formula is C13H19NO. The molecule has 0 radical (unpaired) electrons. The van der Waals surface area contributed by atoms with Gasteiger partial charge in [0.2, 0.25) is 0 Å². The largest absolute Gasteiger partial charge is 0.330 e. The minimum Gasteiger partial charge on any atom is -0.330 e. The highest BCUT2D eigenvalue weighted by atomic mass is 16.1. The predicted molar refractivity (Wildman–Crippen MR) is 63.1 cm³/mol. The van der Waals surface area contributed by atoms with Crippen molar-refractivity contribution >= 4 is 5.78 Å². The van der Waals surface area contributed by atoms with E-state index < -0.39 is 0 Å². The third-order valence-corrected chi connectivity index (χ3v) is 3.02. The summed E-state index contributed by atoms with van der Waals surface area (Å²) in [7, 11) is 0. The Morgan fingerprint density at radius 1 is 1.40 bits per heavy atom. The van der Waals surface area contributed by atoms with E-state index in [1.807, 2.05) is 39.0 Å². The lowest BCUT2D eigenvalue weighted by atomic mass is 9.91. The molecule has 1 aromatic carbocycles. The van der Waals surface area contributed by atoms with Gasteiger partial charge < -0.3 is 5.73 Å². The summed E-state index contributed by atoms with van der Waals surface area (Å²) in [6.45, 7) is 6.45. The van der Waals surface area contributed by atoms with Crippen LogP contribution in [0.25, 0.3) is 0 Å². The van der Waals surface area contributed by atoms with E-state index in [2.05, 4.69) is 0 Å². The fraction of sp³-hybridized carbons (Fsp3) is 0.462. The van der Waals surface area contributed by atoms with E-state index in [-0.39, 0.29) is 11.7 Å². The number of nitrogens with two attached hydrogens (primary N) is 1. The second-order valence-corrected chi connectivity index (χ2v) is 3.95. The van der Waals surface area contributed by atoms with Gasteiger partial charge in [-0.25, -0.2) is 0 Å². The first-order valence-corrected chi connectivity index (χ1v) is 5.42. The molecule has 0 amide bonds. The Bertz CT molecular complexity index is 354. The van der Waals surface area contributed by atoms with Crippen LogP contribution in [-0.4, -0.2) is 12.3 Å².